The number of hydrogen-bond acceptors (Lipinski definition) is 4. The van der Waals surface area contributed by atoms with Crippen LogP contribution in [-0.4, -0.2) is 35.0 Å². The maximum atomic E-state index is 9.66. The normalized spacial score (nSPS) is 24.8. The zero-order chi connectivity index (χ0) is 11.3. The lowest BCUT2D eigenvalue weighted by Crippen LogP contribution is -2.47. The highest BCUT2D eigenvalue weighted by atomic mass is 16.3. The van der Waals surface area contributed by atoms with Crippen molar-refractivity contribution in [3.05, 3.63) is 0 Å². The highest BCUT2D eigenvalue weighted by Crippen LogP contribution is 2.27. The Kier molecular flexibility index (Phi) is 5.53. The Morgan fingerprint density at radius 3 is 2.27 bits per heavy atom. The van der Waals surface area contributed by atoms with E-state index < -0.39 is 12.2 Å². The molecular weight excluding hydrogens is 192 g/mol. The summed E-state index contributed by atoms with van der Waals surface area (Å²) in [4.78, 5) is 0. The Labute approximate surface area is 91.7 Å². The average Bonchev–Trinajstić information content (AvgIpc) is 2.28. The van der Waals surface area contributed by atoms with Crippen LogP contribution in [0.3, 0.4) is 0 Å². The first-order chi connectivity index (χ1) is 7.15. The summed E-state index contributed by atoms with van der Waals surface area (Å²) in [5.41, 5.74) is 11.1. The molecule has 0 amide bonds. The Balaban J connectivity index is 2.29. The summed E-state index contributed by atoms with van der Waals surface area (Å²) in [6.45, 7) is 0.0690. The van der Waals surface area contributed by atoms with Crippen molar-refractivity contribution < 1.29 is 10.2 Å². The third kappa shape index (κ3) is 4.07. The minimum Gasteiger partial charge on any atom is -0.389 e. The molecule has 90 valence electrons. The first kappa shape index (κ1) is 12.9. The maximum absolute atomic E-state index is 9.66. The third-order valence-electron chi connectivity index (χ3n) is 3.40. The van der Waals surface area contributed by atoms with Crippen molar-refractivity contribution in [3.63, 3.8) is 0 Å². The molecule has 0 heterocycles. The molecule has 0 aliphatic heterocycles. The molecule has 1 saturated carbocycles. The molecule has 0 spiro atoms. The highest BCUT2D eigenvalue weighted by molar-refractivity contribution is 4.82. The number of nitrogens with two attached hydrogens (primary N) is 2. The van der Waals surface area contributed by atoms with Gasteiger partial charge in [-0.2, -0.15) is 0 Å². The van der Waals surface area contributed by atoms with Crippen LogP contribution in [0.4, 0.5) is 0 Å². The van der Waals surface area contributed by atoms with Gasteiger partial charge in [0.15, 0.2) is 0 Å². The van der Waals surface area contributed by atoms with Gasteiger partial charge >= 0.3 is 0 Å². The van der Waals surface area contributed by atoms with Crippen molar-refractivity contribution >= 4 is 0 Å². The molecule has 1 rings (SSSR count). The summed E-state index contributed by atoms with van der Waals surface area (Å²) < 4.78 is 0. The molecule has 15 heavy (non-hydrogen) atoms. The van der Waals surface area contributed by atoms with E-state index in [0.29, 0.717) is 5.92 Å². The van der Waals surface area contributed by atoms with Crippen LogP contribution < -0.4 is 11.5 Å². The lowest BCUT2D eigenvalue weighted by molar-refractivity contribution is 0.00375. The fourth-order valence-corrected chi connectivity index (χ4v) is 2.37. The summed E-state index contributed by atoms with van der Waals surface area (Å²) in [7, 11) is 0. The van der Waals surface area contributed by atoms with Crippen molar-refractivity contribution in [2.75, 3.05) is 6.54 Å². The van der Waals surface area contributed by atoms with Gasteiger partial charge in [0.05, 0.1) is 12.2 Å². The molecule has 3 atom stereocenters. The first-order valence-corrected chi connectivity index (χ1v) is 5.97. The van der Waals surface area contributed by atoms with Crippen LogP contribution in [0, 0.1) is 5.92 Å². The Bertz CT molecular complexity index is 172. The highest BCUT2D eigenvalue weighted by Gasteiger charge is 2.25. The number of aliphatic hydroxyl groups is 2. The second-order valence-electron chi connectivity index (χ2n) is 4.70. The van der Waals surface area contributed by atoms with Gasteiger partial charge in [-0.3, -0.25) is 0 Å². The van der Waals surface area contributed by atoms with E-state index in [-0.39, 0.29) is 12.6 Å². The lowest BCUT2D eigenvalue weighted by Gasteiger charge is -2.28. The molecule has 4 nitrogen and oxygen atoms in total. The van der Waals surface area contributed by atoms with Crippen molar-refractivity contribution in [2.24, 2.45) is 17.4 Å². The van der Waals surface area contributed by atoms with Crippen LogP contribution in [0.25, 0.3) is 0 Å². The first-order valence-electron chi connectivity index (χ1n) is 5.97. The van der Waals surface area contributed by atoms with E-state index in [1.807, 2.05) is 0 Å². The molecular formula is C11H24N2O2. The van der Waals surface area contributed by atoms with Crippen molar-refractivity contribution in [2.45, 2.75) is 56.8 Å². The molecule has 1 aliphatic rings. The van der Waals surface area contributed by atoms with Crippen LogP contribution in [0.5, 0.6) is 0 Å². The molecule has 0 saturated heterocycles. The van der Waals surface area contributed by atoms with Gasteiger partial charge in [0.2, 0.25) is 0 Å². The van der Waals surface area contributed by atoms with E-state index in [2.05, 4.69) is 0 Å². The summed E-state index contributed by atoms with van der Waals surface area (Å²) in [5.74, 6) is 0.619. The standard InChI is InChI=1S/C11H24N2O2/c12-7-10(14)11(15)9(13)6-8-4-2-1-3-5-8/h8-11,14-15H,1-7,12-13H2. The van der Waals surface area contributed by atoms with Crippen molar-refractivity contribution in [1.82, 2.24) is 0 Å². The van der Waals surface area contributed by atoms with Gasteiger partial charge in [-0.05, 0) is 12.3 Å². The minimum absolute atomic E-state index is 0.0690. The van der Waals surface area contributed by atoms with Gasteiger partial charge in [0.1, 0.15) is 0 Å². The molecule has 0 aromatic heterocycles. The fraction of sp³-hybridized carbons (Fsp3) is 1.00. The van der Waals surface area contributed by atoms with E-state index in [1.54, 1.807) is 0 Å². The molecule has 0 radical (unpaired) electrons. The minimum atomic E-state index is -0.886. The predicted octanol–water partition coefficient (Wildman–Crippen LogP) is -0.0354. The SMILES string of the molecule is NCC(O)C(O)C(N)CC1CCCCC1. The Hall–Kier alpha value is -0.160. The molecule has 3 unspecified atom stereocenters. The third-order valence-corrected chi connectivity index (χ3v) is 3.40. The van der Waals surface area contributed by atoms with E-state index in [0.717, 1.165) is 6.42 Å². The molecule has 4 heteroatoms. The van der Waals surface area contributed by atoms with Crippen LogP contribution in [-0.2, 0) is 0 Å². The van der Waals surface area contributed by atoms with Crippen molar-refractivity contribution in [1.29, 1.82) is 0 Å². The summed E-state index contributed by atoms with van der Waals surface area (Å²) >= 11 is 0. The van der Waals surface area contributed by atoms with E-state index in [4.69, 9.17) is 11.5 Å². The van der Waals surface area contributed by atoms with E-state index in [9.17, 15) is 10.2 Å². The zero-order valence-electron chi connectivity index (χ0n) is 9.31. The lowest BCUT2D eigenvalue weighted by atomic mass is 9.83. The summed E-state index contributed by atoms with van der Waals surface area (Å²) in [6.07, 6.45) is 5.32. The largest absolute Gasteiger partial charge is 0.389 e. The van der Waals surface area contributed by atoms with Gasteiger partial charge in [0.25, 0.3) is 0 Å². The van der Waals surface area contributed by atoms with Crippen LogP contribution in [0.1, 0.15) is 38.5 Å². The molecule has 1 fully saturated rings. The zero-order valence-corrected chi connectivity index (χ0v) is 9.31. The molecule has 1 aliphatic carbocycles. The fourth-order valence-electron chi connectivity index (χ4n) is 2.37. The average molecular weight is 216 g/mol. The quantitative estimate of drug-likeness (QED) is 0.519. The molecule has 0 bridgehead atoms. The van der Waals surface area contributed by atoms with Crippen LogP contribution in [0.2, 0.25) is 0 Å². The van der Waals surface area contributed by atoms with Gasteiger partial charge in [-0.25, -0.2) is 0 Å². The molecule has 0 aromatic rings. The van der Waals surface area contributed by atoms with E-state index in [1.165, 1.54) is 32.1 Å². The Morgan fingerprint density at radius 2 is 1.73 bits per heavy atom. The van der Waals surface area contributed by atoms with E-state index >= 15 is 0 Å². The number of aliphatic hydroxyl groups excluding tert-OH is 2. The number of hydrogen-bond donors (Lipinski definition) is 4. The maximum Gasteiger partial charge on any atom is 0.0962 e. The second kappa shape index (κ2) is 6.43. The van der Waals surface area contributed by atoms with Gasteiger partial charge in [0, 0.05) is 12.6 Å². The predicted molar refractivity (Wildman–Crippen MR) is 60.2 cm³/mol. The number of rotatable bonds is 5. The van der Waals surface area contributed by atoms with Crippen LogP contribution >= 0.6 is 0 Å². The van der Waals surface area contributed by atoms with Crippen molar-refractivity contribution in [3.8, 4) is 0 Å². The molecule has 6 N–H and O–H groups in total. The van der Waals surface area contributed by atoms with Gasteiger partial charge in [-0.1, -0.05) is 32.1 Å². The smallest absolute Gasteiger partial charge is 0.0962 e. The van der Waals surface area contributed by atoms with Gasteiger partial charge in [-0.15, -0.1) is 0 Å². The summed E-state index contributed by atoms with van der Waals surface area (Å²) in [5, 5.41) is 19.0. The van der Waals surface area contributed by atoms with Gasteiger partial charge < -0.3 is 21.7 Å². The van der Waals surface area contributed by atoms with Crippen LogP contribution in [0.15, 0.2) is 0 Å². The second-order valence-corrected chi connectivity index (χ2v) is 4.70. The molecule has 0 aromatic carbocycles. The topological polar surface area (TPSA) is 92.5 Å². The monoisotopic (exact) mass is 216 g/mol. The summed E-state index contributed by atoms with van der Waals surface area (Å²) in [6, 6.07) is -0.341. The Morgan fingerprint density at radius 1 is 1.13 bits per heavy atom.